The molecule has 0 aromatic rings. The molecular formula is C8H13ClN2O3. The molecule has 0 heterocycles. The van der Waals surface area contributed by atoms with E-state index in [1.807, 2.05) is 0 Å². The van der Waals surface area contributed by atoms with Crippen LogP contribution in [0, 0.1) is 10.1 Å². The maximum Gasteiger partial charge on any atom is 0.348 e. The Bertz CT molecular complexity index is 278. The lowest BCUT2D eigenvalue weighted by Gasteiger charge is -2.22. The summed E-state index contributed by atoms with van der Waals surface area (Å²) in [6, 6.07) is 0. The molecule has 0 saturated heterocycles. The van der Waals surface area contributed by atoms with Crippen LogP contribution < -0.4 is 5.73 Å². The number of halogens is 1. The monoisotopic (exact) mass is 220 g/mol. The van der Waals surface area contributed by atoms with E-state index in [2.05, 4.69) is 0 Å². The molecule has 1 atom stereocenters. The average molecular weight is 221 g/mol. The van der Waals surface area contributed by atoms with E-state index in [1.54, 1.807) is 13.0 Å². The van der Waals surface area contributed by atoms with Crippen molar-refractivity contribution in [1.29, 1.82) is 0 Å². The lowest BCUT2D eigenvalue weighted by molar-refractivity contribution is -0.612. The van der Waals surface area contributed by atoms with Crippen LogP contribution in [0.3, 0.4) is 0 Å². The lowest BCUT2D eigenvalue weighted by Crippen LogP contribution is -2.40. The van der Waals surface area contributed by atoms with Crippen LogP contribution in [0.4, 0.5) is 0 Å². The Morgan fingerprint density at radius 2 is 2.43 bits per heavy atom. The molecule has 1 rings (SSSR count). The van der Waals surface area contributed by atoms with Gasteiger partial charge in [-0.2, -0.15) is 0 Å². The van der Waals surface area contributed by atoms with Gasteiger partial charge in [0.05, 0.1) is 18.0 Å². The molecule has 1 aliphatic rings. The van der Waals surface area contributed by atoms with Gasteiger partial charge in [0.25, 0.3) is 0 Å². The molecule has 0 aliphatic heterocycles. The van der Waals surface area contributed by atoms with Crippen molar-refractivity contribution in [2.24, 2.45) is 5.73 Å². The molecule has 0 amide bonds. The van der Waals surface area contributed by atoms with E-state index in [4.69, 9.17) is 10.5 Å². The van der Waals surface area contributed by atoms with Gasteiger partial charge in [0.1, 0.15) is 0 Å². The fourth-order valence-corrected chi connectivity index (χ4v) is 1.17. The quantitative estimate of drug-likeness (QED) is 0.441. The summed E-state index contributed by atoms with van der Waals surface area (Å²) in [6.45, 7) is 2.03. The van der Waals surface area contributed by atoms with Crippen LogP contribution in [0.2, 0.25) is 0 Å². The van der Waals surface area contributed by atoms with E-state index >= 15 is 0 Å². The first-order chi connectivity index (χ1) is 6.10. The summed E-state index contributed by atoms with van der Waals surface area (Å²) >= 11 is 0. The van der Waals surface area contributed by atoms with Gasteiger partial charge in [-0.1, -0.05) is 6.08 Å². The van der Waals surface area contributed by atoms with Gasteiger partial charge in [0.15, 0.2) is 0 Å². The molecule has 1 unspecified atom stereocenters. The highest BCUT2D eigenvalue weighted by atomic mass is 35.5. The number of ether oxygens (including phenoxy) is 1. The Morgan fingerprint density at radius 3 is 2.79 bits per heavy atom. The van der Waals surface area contributed by atoms with Crippen LogP contribution in [0.15, 0.2) is 23.9 Å². The van der Waals surface area contributed by atoms with Crippen molar-refractivity contribution in [3.63, 3.8) is 0 Å². The number of nitrogens with zero attached hydrogens (tertiary/aromatic N) is 1. The van der Waals surface area contributed by atoms with Gasteiger partial charge >= 0.3 is 5.72 Å². The van der Waals surface area contributed by atoms with Crippen LogP contribution >= 0.6 is 12.4 Å². The molecule has 0 aromatic carbocycles. The van der Waals surface area contributed by atoms with E-state index in [0.717, 1.165) is 0 Å². The maximum absolute atomic E-state index is 10.7. The van der Waals surface area contributed by atoms with Crippen LogP contribution in [-0.2, 0) is 4.74 Å². The molecule has 5 nitrogen and oxygen atoms in total. The second-order valence-corrected chi connectivity index (χ2v) is 2.78. The normalized spacial score (nSPS) is 25.1. The third kappa shape index (κ3) is 2.46. The first-order valence-electron chi connectivity index (χ1n) is 4.04. The second-order valence-electron chi connectivity index (χ2n) is 2.78. The van der Waals surface area contributed by atoms with Gasteiger partial charge in [-0.05, 0) is 13.0 Å². The van der Waals surface area contributed by atoms with Gasteiger partial charge in [-0.25, -0.2) is 0 Å². The van der Waals surface area contributed by atoms with E-state index in [0.29, 0.717) is 12.3 Å². The number of allylic oxidation sites excluding steroid dienone is 1. The Balaban J connectivity index is 0.00000169. The van der Waals surface area contributed by atoms with Crippen LogP contribution in [-0.4, -0.2) is 17.3 Å². The van der Waals surface area contributed by atoms with Gasteiger partial charge in [-0.3, -0.25) is 10.1 Å². The van der Waals surface area contributed by atoms with Gasteiger partial charge < -0.3 is 10.5 Å². The number of rotatable bonds is 3. The minimum Gasteiger partial charge on any atom is -0.399 e. The summed E-state index contributed by atoms with van der Waals surface area (Å²) < 4.78 is 5.09. The first kappa shape index (κ1) is 12.9. The molecule has 0 bridgehead atoms. The Morgan fingerprint density at radius 1 is 1.79 bits per heavy atom. The summed E-state index contributed by atoms with van der Waals surface area (Å²) in [6.07, 6.45) is 4.68. The summed E-state index contributed by atoms with van der Waals surface area (Å²) in [5, 5.41) is 10.7. The minimum absolute atomic E-state index is 0. The molecule has 0 radical (unpaired) electrons. The van der Waals surface area contributed by atoms with E-state index in [-0.39, 0.29) is 18.8 Å². The number of hydrogen-bond donors (Lipinski definition) is 1. The fraction of sp³-hybridized carbons (Fsp3) is 0.500. The van der Waals surface area contributed by atoms with Crippen molar-refractivity contribution in [3.8, 4) is 0 Å². The summed E-state index contributed by atoms with van der Waals surface area (Å²) in [5.74, 6) is 0. The SMILES string of the molecule is CCOC1([N+](=O)[O-])C=CC(N)=CC1.Cl. The Labute approximate surface area is 88.2 Å². The van der Waals surface area contributed by atoms with Crippen molar-refractivity contribution >= 4 is 12.4 Å². The van der Waals surface area contributed by atoms with Gasteiger partial charge in [0.2, 0.25) is 0 Å². The molecule has 80 valence electrons. The van der Waals surface area contributed by atoms with Crippen molar-refractivity contribution in [3.05, 3.63) is 34.0 Å². The molecule has 0 aromatic heterocycles. The summed E-state index contributed by atoms with van der Waals surface area (Å²) in [4.78, 5) is 10.3. The first-order valence-corrected chi connectivity index (χ1v) is 4.04. The third-order valence-corrected chi connectivity index (χ3v) is 1.87. The predicted molar refractivity (Wildman–Crippen MR) is 54.6 cm³/mol. The number of nitrogens with two attached hydrogens (primary N) is 1. The van der Waals surface area contributed by atoms with Crippen molar-refractivity contribution in [1.82, 2.24) is 0 Å². The summed E-state index contributed by atoms with van der Waals surface area (Å²) in [5.41, 5.74) is 4.58. The molecular weight excluding hydrogens is 208 g/mol. The Kier molecular flexibility index (Phi) is 4.59. The molecule has 1 aliphatic carbocycles. The molecule has 0 spiro atoms. The smallest absolute Gasteiger partial charge is 0.348 e. The van der Waals surface area contributed by atoms with Crippen molar-refractivity contribution in [2.75, 3.05) is 6.61 Å². The van der Waals surface area contributed by atoms with Crippen LogP contribution in [0.25, 0.3) is 0 Å². The zero-order valence-electron chi connectivity index (χ0n) is 7.80. The fourth-order valence-electron chi connectivity index (χ4n) is 1.17. The zero-order chi connectivity index (χ0) is 9.90. The molecule has 0 saturated carbocycles. The maximum atomic E-state index is 10.7. The zero-order valence-corrected chi connectivity index (χ0v) is 8.62. The average Bonchev–Trinajstić information content (AvgIpc) is 2.09. The van der Waals surface area contributed by atoms with Crippen LogP contribution in [0.5, 0.6) is 0 Å². The highest BCUT2D eigenvalue weighted by Gasteiger charge is 2.41. The summed E-state index contributed by atoms with van der Waals surface area (Å²) in [7, 11) is 0. The van der Waals surface area contributed by atoms with Gasteiger partial charge in [0, 0.05) is 11.8 Å². The van der Waals surface area contributed by atoms with E-state index < -0.39 is 10.6 Å². The highest BCUT2D eigenvalue weighted by Crippen LogP contribution is 2.24. The minimum atomic E-state index is -1.41. The topological polar surface area (TPSA) is 78.4 Å². The Hall–Kier alpha value is -1.07. The van der Waals surface area contributed by atoms with Crippen molar-refractivity contribution < 1.29 is 9.66 Å². The number of hydrogen-bond acceptors (Lipinski definition) is 4. The predicted octanol–water partition coefficient (Wildman–Crippen LogP) is 1.22. The molecule has 14 heavy (non-hydrogen) atoms. The largest absolute Gasteiger partial charge is 0.399 e. The molecule has 2 N–H and O–H groups in total. The molecule has 0 fully saturated rings. The standard InChI is InChI=1S/C8H12N2O3.ClH/c1-2-13-8(10(11)12)5-3-7(9)4-6-8;/h3-5H,2,6,9H2,1H3;1H. The lowest BCUT2D eigenvalue weighted by atomic mass is 10.0. The highest BCUT2D eigenvalue weighted by molar-refractivity contribution is 5.85. The van der Waals surface area contributed by atoms with Crippen molar-refractivity contribution in [2.45, 2.75) is 19.1 Å². The van der Waals surface area contributed by atoms with Gasteiger partial charge in [-0.15, -0.1) is 12.4 Å². The second kappa shape index (κ2) is 4.97. The molecule has 6 heteroatoms. The number of nitro groups is 1. The van der Waals surface area contributed by atoms with E-state index in [1.165, 1.54) is 12.2 Å². The van der Waals surface area contributed by atoms with E-state index in [9.17, 15) is 10.1 Å². The van der Waals surface area contributed by atoms with Crippen LogP contribution in [0.1, 0.15) is 13.3 Å². The third-order valence-electron chi connectivity index (χ3n) is 1.87.